The number of unbranched alkanes of at least 4 members (excludes halogenated alkanes) is 1. The third kappa shape index (κ3) is 2.91. The largest absolute Gasteiger partial charge is 0.496 e. The fourth-order valence-electron chi connectivity index (χ4n) is 1.83. The van der Waals surface area contributed by atoms with Crippen LogP contribution in [-0.2, 0) is 0 Å². The molecule has 2 rings (SSSR count). The van der Waals surface area contributed by atoms with E-state index in [1.165, 1.54) is 0 Å². The number of hydrogen-bond donors (Lipinski definition) is 1. The molecule has 5 heteroatoms. The predicted octanol–water partition coefficient (Wildman–Crippen LogP) is 3.43. The summed E-state index contributed by atoms with van der Waals surface area (Å²) in [5.74, 6) is 1.47. The molecule has 104 valence electrons. The highest BCUT2D eigenvalue weighted by Gasteiger charge is 2.16. The Morgan fingerprint density at radius 2 is 2.20 bits per heavy atom. The summed E-state index contributed by atoms with van der Waals surface area (Å²) < 4.78 is 10.9. The summed E-state index contributed by atoms with van der Waals surface area (Å²) in [5.41, 5.74) is 0.997. The number of hydrogen-bond acceptors (Lipinski definition) is 5. The number of ether oxygens (including phenoxy) is 1. The van der Waals surface area contributed by atoms with Crippen molar-refractivity contribution >= 4 is 5.88 Å². The second kappa shape index (κ2) is 6.62. The molecule has 0 saturated carbocycles. The van der Waals surface area contributed by atoms with Crippen molar-refractivity contribution in [1.29, 1.82) is 5.26 Å². The lowest BCUT2D eigenvalue weighted by Crippen LogP contribution is -2.00. The topological polar surface area (TPSA) is 71.1 Å². The van der Waals surface area contributed by atoms with Crippen molar-refractivity contribution in [2.24, 2.45) is 0 Å². The Labute approximate surface area is 118 Å². The normalized spacial score (nSPS) is 10.1. The van der Waals surface area contributed by atoms with Crippen LogP contribution < -0.4 is 10.1 Å². The smallest absolute Gasteiger partial charge is 0.233 e. The molecule has 0 spiro atoms. The SMILES string of the molecule is CCCCNc1oc(-c2ccccc2OC)nc1C#N. The molecule has 2 aromatic rings. The highest BCUT2D eigenvalue weighted by molar-refractivity contribution is 5.65. The minimum Gasteiger partial charge on any atom is -0.496 e. The van der Waals surface area contributed by atoms with Gasteiger partial charge in [-0.1, -0.05) is 25.5 Å². The third-order valence-electron chi connectivity index (χ3n) is 2.89. The predicted molar refractivity (Wildman–Crippen MR) is 76.6 cm³/mol. The molecule has 0 radical (unpaired) electrons. The molecule has 20 heavy (non-hydrogen) atoms. The van der Waals surface area contributed by atoms with Gasteiger partial charge in [0.25, 0.3) is 0 Å². The van der Waals surface area contributed by atoms with Crippen molar-refractivity contribution in [3.8, 4) is 23.3 Å². The Morgan fingerprint density at radius 3 is 2.90 bits per heavy atom. The van der Waals surface area contributed by atoms with Gasteiger partial charge in [0.15, 0.2) is 0 Å². The monoisotopic (exact) mass is 271 g/mol. The fraction of sp³-hybridized carbons (Fsp3) is 0.333. The highest BCUT2D eigenvalue weighted by atomic mass is 16.5. The molecule has 1 aromatic heterocycles. The van der Waals surface area contributed by atoms with E-state index in [9.17, 15) is 0 Å². The summed E-state index contributed by atoms with van der Waals surface area (Å²) in [7, 11) is 1.59. The van der Waals surface area contributed by atoms with E-state index < -0.39 is 0 Å². The van der Waals surface area contributed by atoms with Crippen LogP contribution in [0.25, 0.3) is 11.5 Å². The molecule has 0 aliphatic carbocycles. The first kappa shape index (κ1) is 13.9. The molecule has 1 heterocycles. The Balaban J connectivity index is 2.31. The molecule has 1 N–H and O–H groups in total. The molecule has 0 fully saturated rings. The van der Waals surface area contributed by atoms with Gasteiger partial charge in [-0.15, -0.1) is 0 Å². The van der Waals surface area contributed by atoms with E-state index in [1.54, 1.807) is 7.11 Å². The van der Waals surface area contributed by atoms with Crippen LogP contribution in [0.4, 0.5) is 5.88 Å². The van der Waals surface area contributed by atoms with Crippen molar-refractivity contribution in [2.75, 3.05) is 19.0 Å². The maximum atomic E-state index is 9.12. The van der Waals surface area contributed by atoms with Crippen LogP contribution in [0.15, 0.2) is 28.7 Å². The zero-order valence-corrected chi connectivity index (χ0v) is 11.6. The summed E-state index contributed by atoms with van der Waals surface area (Å²) in [4.78, 5) is 4.22. The zero-order valence-electron chi connectivity index (χ0n) is 11.6. The van der Waals surface area contributed by atoms with Crippen molar-refractivity contribution in [2.45, 2.75) is 19.8 Å². The number of nitrogens with zero attached hydrogens (tertiary/aromatic N) is 2. The van der Waals surface area contributed by atoms with Gasteiger partial charge in [-0.3, -0.25) is 0 Å². The molecule has 1 aromatic carbocycles. The van der Waals surface area contributed by atoms with Crippen LogP contribution in [-0.4, -0.2) is 18.6 Å². The third-order valence-corrected chi connectivity index (χ3v) is 2.89. The van der Waals surface area contributed by atoms with Crippen molar-refractivity contribution in [1.82, 2.24) is 4.98 Å². The van der Waals surface area contributed by atoms with Gasteiger partial charge in [-0.2, -0.15) is 10.2 Å². The number of nitrogens with one attached hydrogen (secondary N) is 1. The second-order valence-corrected chi connectivity index (χ2v) is 4.29. The number of anilines is 1. The van der Waals surface area contributed by atoms with E-state index in [2.05, 4.69) is 17.2 Å². The lowest BCUT2D eigenvalue weighted by molar-refractivity contribution is 0.414. The number of nitriles is 1. The maximum Gasteiger partial charge on any atom is 0.233 e. The number of para-hydroxylation sites is 1. The number of aromatic nitrogens is 1. The van der Waals surface area contributed by atoms with Crippen molar-refractivity contribution in [3.63, 3.8) is 0 Å². The quantitative estimate of drug-likeness (QED) is 0.815. The lowest BCUT2D eigenvalue weighted by atomic mass is 10.2. The summed E-state index contributed by atoms with van der Waals surface area (Å²) in [6.07, 6.45) is 2.08. The van der Waals surface area contributed by atoms with Gasteiger partial charge < -0.3 is 14.5 Å². The minimum atomic E-state index is 0.266. The minimum absolute atomic E-state index is 0.266. The molecule has 0 amide bonds. The lowest BCUT2D eigenvalue weighted by Gasteiger charge is -2.04. The summed E-state index contributed by atoms with van der Waals surface area (Å²) in [6.45, 7) is 2.86. The van der Waals surface area contributed by atoms with Gasteiger partial charge in [-0.05, 0) is 18.6 Å². The van der Waals surface area contributed by atoms with Crippen LogP contribution in [0.5, 0.6) is 5.75 Å². The number of oxazole rings is 1. The molecular formula is C15H17N3O2. The molecule has 5 nitrogen and oxygen atoms in total. The van der Waals surface area contributed by atoms with Crippen LogP contribution >= 0.6 is 0 Å². The second-order valence-electron chi connectivity index (χ2n) is 4.29. The molecule has 0 aliphatic rings. The van der Waals surface area contributed by atoms with Gasteiger partial charge in [-0.25, -0.2) is 0 Å². The van der Waals surface area contributed by atoms with Crippen molar-refractivity contribution in [3.05, 3.63) is 30.0 Å². The molecule has 0 atom stereocenters. The van der Waals surface area contributed by atoms with Crippen LogP contribution in [0, 0.1) is 11.3 Å². The zero-order chi connectivity index (χ0) is 14.4. The van der Waals surface area contributed by atoms with E-state index in [1.807, 2.05) is 30.3 Å². The van der Waals surface area contributed by atoms with Gasteiger partial charge in [0.05, 0.1) is 12.7 Å². The maximum absolute atomic E-state index is 9.12. The van der Waals surface area contributed by atoms with Gasteiger partial charge in [0.2, 0.25) is 17.5 Å². The van der Waals surface area contributed by atoms with Gasteiger partial charge in [0.1, 0.15) is 11.8 Å². The Hall–Kier alpha value is -2.48. The Kier molecular flexibility index (Phi) is 4.61. The standard InChI is InChI=1S/C15H17N3O2/c1-3-4-9-17-15-12(10-16)18-14(20-15)11-7-5-6-8-13(11)19-2/h5-8,17H,3-4,9H2,1-2H3. The van der Waals surface area contributed by atoms with E-state index in [4.69, 9.17) is 14.4 Å². The molecular weight excluding hydrogens is 254 g/mol. The number of methoxy groups -OCH3 is 1. The first-order chi connectivity index (χ1) is 9.80. The van der Waals surface area contributed by atoms with Crippen LogP contribution in [0.2, 0.25) is 0 Å². The number of benzene rings is 1. The average molecular weight is 271 g/mol. The first-order valence-corrected chi connectivity index (χ1v) is 6.58. The highest BCUT2D eigenvalue weighted by Crippen LogP contribution is 2.31. The van der Waals surface area contributed by atoms with E-state index in [0.29, 0.717) is 17.5 Å². The Bertz CT molecular complexity index is 614. The fourth-order valence-corrected chi connectivity index (χ4v) is 1.83. The first-order valence-electron chi connectivity index (χ1n) is 6.58. The van der Waals surface area contributed by atoms with Gasteiger partial charge >= 0.3 is 0 Å². The summed E-state index contributed by atoms with van der Waals surface area (Å²) in [5, 5.41) is 12.2. The van der Waals surface area contributed by atoms with Crippen LogP contribution in [0.1, 0.15) is 25.5 Å². The summed E-state index contributed by atoms with van der Waals surface area (Å²) >= 11 is 0. The van der Waals surface area contributed by atoms with Crippen molar-refractivity contribution < 1.29 is 9.15 Å². The average Bonchev–Trinajstić information content (AvgIpc) is 2.90. The molecule has 0 saturated heterocycles. The summed E-state index contributed by atoms with van der Waals surface area (Å²) in [6, 6.07) is 9.47. The molecule has 0 bridgehead atoms. The Morgan fingerprint density at radius 1 is 1.40 bits per heavy atom. The molecule has 0 aliphatic heterocycles. The van der Waals surface area contributed by atoms with E-state index in [0.717, 1.165) is 24.9 Å². The van der Waals surface area contributed by atoms with E-state index in [-0.39, 0.29) is 5.69 Å². The van der Waals surface area contributed by atoms with E-state index >= 15 is 0 Å². The van der Waals surface area contributed by atoms with Crippen LogP contribution in [0.3, 0.4) is 0 Å². The van der Waals surface area contributed by atoms with Gasteiger partial charge in [0, 0.05) is 6.54 Å². The molecule has 0 unspecified atom stereocenters. The number of rotatable bonds is 6.